The molecule has 2 aromatic heterocycles. The molecule has 2 heterocycles. The smallest absolute Gasteiger partial charge is 0.182 e. The van der Waals surface area contributed by atoms with Gasteiger partial charge in [0.1, 0.15) is 11.8 Å². The number of H-pyrrole nitrogens is 1. The van der Waals surface area contributed by atoms with Crippen molar-refractivity contribution in [1.29, 1.82) is 0 Å². The summed E-state index contributed by atoms with van der Waals surface area (Å²) in [5.41, 5.74) is 3.56. The van der Waals surface area contributed by atoms with E-state index < -0.39 is 0 Å². The van der Waals surface area contributed by atoms with Gasteiger partial charge in [-0.05, 0) is 24.6 Å². The zero-order chi connectivity index (χ0) is 17.6. The second-order valence-corrected chi connectivity index (χ2v) is 6.50. The van der Waals surface area contributed by atoms with Gasteiger partial charge in [0, 0.05) is 36.6 Å². The molecule has 2 N–H and O–H groups in total. The molecule has 0 aliphatic heterocycles. The number of rotatable bonds is 8. The zero-order valence-electron chi connectivity index (χ0n) is 13.9. The first kappa shape index (κ1) is 17.9. The molecule has 0 fully saturated rings. The first-order chi connectivity index (χ1) is 12.2. The van der Waals surface area contributed by atoms with Crippen LogP contribution in [0.4, 0.5) is 11.5 Å². The van der Waals surface area contributed by atoms with Gasteiger partial charge < -0.3 is 10.3 Å². The molecule has 132 valence electrons. The maximum absolute atomic E-state index is 6.01. The fraction of sp³-hybridized carbons (Fsp3) is 0.353. The van der Waals surface area contributed by atoms with Crippen LogP contribution in [0, 0.1) is 0 Å². The highest BCUT2D eigenvalue weighted by Crippen LogP contribution is 2.21. The van der Waals surface area contributed by atoms with Crippen molar-refractivity contribution < 1.29 is 0 Å². The quantitative estimate of drug-likeness (QED) is 0.583. The molecular formula is C17H20Cl2N6. The summed E-state index contributed by atoms with van der Waals surface area (Å²) in [5, 5.41) is 3.33. The van der Waals surface area contributed by atoms with Gasteiger partial charge in [0.05, 0.1) is 6.33 Å². The first-order valence-electron chi connectivity index (χ1n) is 8.07. The minimum Gasteiger partial charge on any atom is -0.340 e. The Kier molecular flexibility index (Phi) is 6.07. The van der Waals surface area contributed by atoms with E-state index in [4.69, 9.17) is 23.2 Å². The molecule has 3 aromatic rings. The van der Waals surface area contributed by atoms with Gasteiger partial charge >= 0.3 is 0 Å². The van der Waals surface area contributed by atoms with Gasteiger partial charge in [-0.2, -0.15) is 0 Å². The number of benzene rings is 1. The summed E-state index contributed by atoms with van der Waals surface area (Å²) in [6.45, 7) is 3.70. The van der Waals surface area contributed by atoms with Gasteiger partial charge in [-0.3, -0.25) is 4.90 Å². The van der Waals surface area contributed by atoms with E-state index in [2.05, 4.69) is 49.2 Å². The molecule has 0 saturated carbocycles. The van der Waals surface area contributed by atoms with Crippen LogP contribution in [0.2, 0.25) is 0 Å². The summed E-state index contributed by atoms with van der Waals surface area (Å²) in [6, 6.07) is 8.49. The highest BCUT2D eigenvalue weighted by molar-refractivity contribution is 6.18. The number of aromatic amines is 1. The van der Waals surface area contributed by atoms with Gasteiger partial charge in [0.15, 0.2) is 11.5 Å². The van der Waals surface area contributed by atoms with E-state index in [1.165, 1.54) is 11.9 Å². The summed E-state index contributed by atoms with van der Waals surface area (Å²) in [6.07, 6.45) is 3.11. The van der Waals surface area contributed by atoms with E-state index >= 15 is 0 Å². The first-order valence-corrected chi connectivity index (χ1v) is 9.14. The molecule has 0 bridgehead atoms. The third-order valence-corrected chi connectivity index (χ3v) is 4.63. The molecular weight excluding hydrogens is 359 g/mol. The Morgan fingerprint density at radius 2 is 2.12 bits per heavy atom. The van der Waals surface area contributed by atoms with Gasteiger partial charge in [0.2, 0.25) is 0 Å². The monoisotopic (exact) mass is 378 g/mol. The number of anilines is 2. The number of alkyl halides is 2. The number of hydrogen-bond donors (Lipinski definition) is 2. The van der Waals surface area contributed by atoms with Crippen LogP contribution >= 0.6 is 23.2 Å². The van der Waals surface area contributed by atoms with E-state index in [0.29, 0.717) is 23.2 Å². The summed E-state index contributed by atoms with van der Waals surface area (Å²) in [7, 11) is 0. The van der Waals surface area contributed by atoms with Crippen LogP contribution in [0.3, 0.4) is 0 Å². The average Bonchev–Trinajstić information content (AvgIpc) is 3.11. The molecule has 0 saturated heterocycles. The van der Waals surface area contributed by atoms with Crippen molar-refractivity contribution in [2.24, 2.45) is 0 Å². The van der Waals surface area contributed by atoms with Crippen LogP contribution in [-0.2, 0) is 6.54 Å². The highest BCUT2D eigenvalue weighted by Gasteiger charge is 2.13. The third kappa shape index (κ3) is 4.39. The van der Waals surface area contributed by atoms with Crippen LogP contribution < -0.4 is 5.32 Å². The average molecular weight is 379 g/mol. The lowest BCUT2D eigenvalue weighted by Gasteiger charge is -2.27. The minimum atomic E-state index is 0.267. The number of aromatic nitrogens is 4. The van der Waals surface area contributed by atoms with Crippen molar-refractivity contribution in [2.75, 3.05) is 23.6 Å². The van der Waals surface area contributed by atoms with Crippen LogP contribution in [-0.4, -0.2) is 49.2 Å². The fourth-order valence-electron chi connectivity index (χ4n) is 2.64. The second kappa shape index (κ2) is 8.47. The maximum Gasteiger partial charge on any atom is 0.182 e. The fourth-order valence-corrected chi connectivity index (χ4v) is 3.05. The van der Waals surface area contributed by atoms with E-state index in [-0.39, 0.29) is 6.04 Å². The van der Waals surface area contributed by atoms with Crippen LogP contribution in [0.15, 0.2) is 36.9 Å². The van der Waals surface area contributed by atoms with Crippen LogP contribution in [0.1, 0.15) is 12.5 Å². The molecule has 1 atom stereocenters. The molecule has 0 spiro atoms. The van der Waals surface area contributed by atoms with Crippen molar-refractivity contribution in [1.82, 2.24) is 24.8 Å². The summed E-state index contributed by atoms with van der Waals surface area (Å²) in [4.78, 5) is 17.9. The molecule has 0 aliphatic carbocycles. The Balaban J connectivity index is 1.78. The Hall–Kier alpha value is -1.89. The van der Waals surface area contributed by atoms with Gasteiger partial charge in [0.25, 0.3) is 0 Å². The number of nitrogens with one attached hydrogen (secondary N) is 2. The standard InChI is InChI=1S/C17H20Cl2N6/c1-12(8-19)25(6-5-18)9-13-3-2-4-14(7-13)24-17-15-16(21-10-20-15)22-11-23-17/h2-4,7,10-12H,5-6,8-9H2,1H3,(H2,20,21,22,23,24)/t12-/m1/s1. The van der Waals surface area contributed by atoms with Crippen molar-refractivity contribution in [2.45, 2.75) is 19.5 Å². The Bertz CT molecular complexity index is 822. The lowest BCUT2D eigenvalue weighted by molar-refractivity contribution is 0.229. The van der Waals surface area contributed by atoms with Crippen molar-refractivity contribution in [3.63, 3.8) is 0 Å². The SMILES string of the molecule is C[C@H](CCl)N(CCCl)Cc1cccc(Nc2ncnc3nc[nH]c23)c1. The van der Waals surface area contributed by atoms with Gasteiger partial charge in [-0.25, -0.2) is 15.0 Å². The Labute approximate surface area is 156 Å². The topological polar surface area (TPSA) is 69.7 Å². The van der Waals surface area contributed by atoms with Crippen molar-refractivity contribution >= 4 is 45.9 Å². The lowest BCUT2D eigenvalue weighted by Crippen LogP contribution is -2.35. The predicted octanol–water partition coefficient (Wildman–Crippen LogP) is 3.76. The molecule has 3 rings (SSSR count). The third-order valence-electron chi connectivity index (χ3n) is 4.02. The molecule has 8 heteroatoms. The largest absolute Gasteiger partial charge is 0.340 e. The Morgan fingerprint density at radius 3 is 2.92 bits per heavy atom. The maximum atomic E-state index is 6.01. The normalized spacial score (nSPS) is 12.6. The van der Waals surface area contributed by atoms with E-state index in [9.17, 15) is 0 Å². The summed E-state index contributed by atoms with van der Waals surface area (Å²) < 4.78 is 0. The molecule has 0 amide bonds. The minimum absolute atomic E-state index is 0.267. The van der Waals surface area contributed by atoms with E-state index in [1.54, 1.807) is 6.33 Å². The number of hydrogen-bond acceptors (Lipinski definition) is 5. The van der Waals surface area contributed by atoms with Crippen LogP contribution in [0.25, 0.3) is 11.2 Å². The predicted molar refractivity (Wildman–Crippen MR) is 103 cm³/mol. The van der Waals surface area contributed by atoms with Crippen molar-refractivity contribution in [3.8, 4) is 0 Å². The lowest BCUT2D eigenvalue weighted by atomic mass is 10.1. The summed E-state index contributed by atoms with van der Waals surface area (Å²) >= 11 is 11.9. The zero-order valence-corrected chi connectivity index (χ0v) is 15.4. The van der Waals surface area contributed by atoms with Crippen LogP contribution in [0.5, 0.6) is 0 Å². The molecule has 6 nitrogen and oxygen atoms in total. The number of fused-ring (bicyclic) bond motifs is 1. The van der Waals surface area contributed by atoms with E-state index in [0.717, 1.165) is 24.3 Å². The molecule has 0 aliphatic rings. The molecule has 1 aromatic carbocycles. The number of nitrogens with zero attached hydrogens (tertiary/aromatic N) is 4. The summed E-state index contributed by atoms with van der Waals surface area (Å²) in [5.74, 6) is 1.86. The molecule has 0 unspecified atom stereocenters. The van der Waals surface area contributed by atoms with Crippen molar-refractivity contribution in [3.05, 3.63) is 42.5 Å². The molecule has 25 heavy (non-hydrogen) atoms. The Morgan fingerprint density at radius 1 is 1.24 bits per heavy atom. The van der Waals surface area contributed by atoms with E-state index in [1.807, 2.05) is 12.1 Å². The van der Waals surface area contributed by atoms with Gasteiger partial charge in [-0.1, -0.05) is 12.1 Å². The molecule has 0 radical (unpaired) electrons. The van der Waals surface area contributed by atoms with Gasteiger partial charge in [-0.15, -0.1) is 23.2 Å². The highest BCUT2D eigenvalue weighted by atomic mass is 35.5. The second-order valence-electron chi connectivity index (χ2n) is 5.81. The number of halogens is 2. The number of imidazole rings is 1.